The van der Waals surface area contributed by atoms with Crippen LogP contribution in [0.1, 0.15) is 34.6 Å². The van der Waals surface area contributed by atoms with E-state index in [9.17, 15) is 24.0 Å². The molecule has 27 heavy (non-hydrogen) atoms. The molecule has 0 amide bonds. The van der Waals surface area contributed by atoms with Gasteiger partial charge in [0, 0.05) is 34.6 Å². The van der Waals surface area contributed by atoms with Gasteiger partial charge >= 0.3 is 29.8 Å². The minimum atomic E-state index is -1.42. The first-order chi connectivity index (χ1) is 12.5. The number of hydrogen-bond donors (Lipinski definition) is 0. The summed E-state index contributed by atoms with van der Waals surface area (Å²) in [6, 6.07) is 0. The summed E-state index contributed by atoms with van der Waals surface area (Å²) in [7, 11) is 0. The first-order valence-electron chi connectivity index (χ1n) is 7.99. The molecule has 0 aromatic rings. The molecule has 11 heteroatoms. The van der Waals surface area contributed by atoms with Gasteiger partial charge in [-0.3, -0.25) is 24.0 Å². The summed E-state index contributed by atoms with van der Waals surface area (Å²) < 4.78 is 30.7. The van der Waals surface area contributed by atoms with Crippen LogP contribution in [-0.2, 0) is 52.4 Å². The fraction of sp³-hybridized carbons (Fsp3) is 0.688. The molecular formula is C16H22O11. The van der Waals surface area contributed by atoms with Crippen LogP contribution in [0.15, 0.2) is 0 Å². The Hall–Kier alpha value is -2.69. The summed E-state index contributed by atoms with van der Waals surface area (Å²) in [5.41, 5.74) is 0. The van der Waals surface area contributed by atoms with Gasteiger partial charge in [-0.2, -0.15) is 0 Å². The smallest absolute Gasteiger partial charge is 0.305 e. The van der Waals surface area contributed by atoms with Crippen LogP contribution in [0.25, 0.3) is 0 Å². The standard InChI is InChI=1S/C16H22O11/c1-7(17)22-6-12(23-8(2)18)13-14(24-9(3)19)15(25-10(4)20)16(27-13)26-11(5)21/h12-16H,6H2,1-5H3/t12?,13-,14-,15+,16?/m0/s1. The fourth-order valence-corrected chi connectivity index (χ4v) is 2.46. The second-order valence-corrected chi connectivity index (χ2v) is 5.68. The molecule has 1 rings (SSSR count). The molecule has 0 saturated carbocycles. The molecular weight excluding hydrogens is 368 g/mol. The first kappa shape index (κ1) is 22.4. The highest BCUT2D eigenvalue weighted by molar-refractivity contribution is 5.69. The second-order valence-electron chi connectivity index (χ2n) is 5.68. The third kappa shape index (κ3) is 7.21. The quantitative estimate of drug-likeness (QED) is 0.415. The van der Waals surface area contributed by atoms with Gasteiger partial charge in [0.1, 0.15) is 12.7 Å². The highest BCUT2D eigenvalue weighted by atomic mass is 16.8. The van der Waals surface area contributed by atoms with Gasteiger partial charge < -0.3 is 28.4 Å². The minimum absolute atomic E-state index is 0.420. The van der Waals surface area contributed by atoms with Gasteiger partial charge in [-0.15, -0.1) is 0 Å². The summed E-state index contributed by atoms with van der Waals surface area (Å²) in [6.45, 7) is 5.15. The molecule has 5 atom stereocenters. The summed E-state index contributed by atoms with van der Waals surface area (Å²) in [5.74, 6) is -3.62. The SMILES string of the molecule is CC(=O)OCC(OC(C)=O)[C@@H]1OC(OC(C)=O)[C@H](OC(C)=O)[C@H]1OC(C)=O. The maximum Gasteiger partial charge on any atom is 0.305 e. The van der Waals surface area contributed by atoms with Crippen LogP contribution in [0.2, 0.25) is 0 Å². The second kappa shape index (κ2) is 9.86. The monoisotopic (exact) mass is 390 g/mol. The zero-order valence-electron chi connectivity index (χ0n) is 15.6. The van der Waals surface area contributed by atoms with E-state index in [1.165, 1.54) is 0 Å². The van der Waals surface area contributed by atoms with E-state index in [1.807, 2.05) is 0 Å². The van der Waals surface area contributed by atoms with E-state index in [4.69, 9.17) is 28.4 Å². The van der Waals surface area contributed by atoms with Crippen molar-refractivity contribution >= 4 is 29.8 Å². The highest BCUT2D eigenvalue weighted by Crippen LogP contribution is 2.31. The Bertz CT molecular complexity index is 599. The van der Waals surface area contributed by atoms with Crippen molar-refractivity contribution in [3.8, 4) is 0 Å². The lowest BCUT2D eigenvalue weighted by Crippen LogP contribution is -2.46. The fourth-order valence-electron chi connectivity index (χ4n) is 2.46. The van der Waals surface area contributed by atoms with Crippen LogP contribution in [0.3, 0.4) is 0 Å². The predicted molar refractivity (Wildman–Crippen MR) is 83.7 cm³/mol. The summed E-state index contributed by atoms with van der Waals surface area (Å²) in [5, 5.41) is 0. The molecule has 0 bridgehead atoms. The number of rotatable bonds is 7. The number of ether oxygens (including phenoxy) is 6. The molecule has 0 aromatic heterocycles. The van der Waals surface area contributed by atoms with Crippen LogP contribution in [0.4, 0.5) is 0 Å². The minimum Gasteiger partial charge on any atom is -0.462 e. The lowest BCUT2D eigenvalue weighted by atomic mass is 10.1. The number of esters is 5. The van der Waals surface area contributed by atoms with Crippen LogP contribution in [-0.4, -0.2) is 67.2 Å². The van der Waals surface area contributed by atoms with Crippen molar-refractivity contribution in [1.82, 2.24) is 0 Å². The van der Waals surface area contributed by atoms with Gasteiger partial charge in [-0.1, -0.05) is 0 Å². The van der Waals surface area contributed by atoms with Crippen molar-refractivity contribution in [2.75, 3.05) is 6.61 Å². The lowest BCUT2D eigenvalue weighted by Gasteiger charge is -2.27. The van der Waals surface area contributed by atoms with E-state index >= 15 is 0 Å². The molecule has 0 spiro atoms. The third-order valence-electron chi connectivity index (χ3n) is 3.23. The largest absolute Gasteiger partial charge is 0.462 e. The maximum absolute atomic E-state index is 11.5. The van der Waals surface area contributed by atoms with Crippen molar-refractivity contribution in [1.29, 1.82) is 0 Å². The van der Waals surface area contributed by atoms with Crippen molar-refractivity contribution in [2.45, 2.75) is 65.3 Å². The topological polar surface area (TPSA) is 141 Å². The van der Waals surface area contributed by atoms with Gasteiger partial charge in [-0.25, -0.2) is 0 Å². The molecule has 0 radical (unpaired) electrons. The first-order valence-corrected chi connectivity index (χ1v) is 7.99. The molecule has 1 fully saturated rings. The molecule has 1 aliphatic rings. The predicted octanol–water partition coefficient (Wildman–Crippen LogP) is -0.367. The van der Waals surface area contributed by atoms with Crippen molar-refractivity contribution < 1.29 is 52.4 Å². The van der Waals surface area contributed by atoms with Gasteiger partial charge in [0.05, 0.1) is 0 Å². The van der Waals surface area contributed by atoms with E-state index in [2.05, 4.69) is 0 Å². The maximum atomic E-state index is 11.5. The molecule has 0 aliphatic carbocycles. The van der Waals surface area contributed by atoms with Crippen molar-refractivity contribution in [2.24, 2.45) is 0 Å². The normalized spacial score (nSPS) is 25.1. The van der Waals surface area contributed by atoms with E-state index in [-0.39, 0.29) is 0 Å². The molecule has 1 saturated heterocycles. The third-order valence-corrected chi connectivity index (χ3v) is 3.23. The Morgan fingerprint density at radius 2 is 1.26 bits per heavy atom. The van der Waals surface area contributed by atoms with E-state index in [1.54, 1.807) is 0 Å². The average Bonchev–Trinajstić information content (AvgIpc) is 2.79. The van der Waals surface area contributed by atoms with E-state index in [0.29, 0.717) is 0 Å². The van der Waals surface area contributed by atoms with Gasteiger partial charge in [0.15, 0.2) is 12.2 Å². The number of carbonyl (C=O) groups excluding carboxylic acids is 5. The molecule has 2 unspecified atom stereocenters. The molecule has 1 heterocycles. The number of carbonyl (C=O) groups is 5. The van der Waals surface area contributed by atoms with Crippen LogP contribution >= 0.6 is 0 Å². The average molecular weight is 390 g/mol. The van der Waals surface area contributed by atoms with Gasteiger partial charge in [-0.05, 0) is 0 Å². The van der Waals surface area contributed by atoms with Crippen LogP contribution < -0.4 is 0 Å². The number of hydrogen-bond acceptors (Lipinski definition) is 11. The van der Waals surface area contributed by atoms with Crippen LogP contribution in [0, 0.1) is 0 Å². The molecule has 1 aliphatic heterocycles. The van der Waals surface area contributed by atoms with Crippen LogP contribution in [0.5, 0.6) is 0 Å². The summed E-state index contributed by atoms with van der Waals surface area (Å²) >= 11 is 0. The summed E-state index contributed by atoms with van der Waals surface area (Å²) in [6.07, 6.45) is -6.46. The van der Waals surface area contributed by atoms with E-state index < -0.39 is 67.2 Å². The Balaban J connectivity index is 3.20. The van der Waals surface area contributed by atoms with E-state index in [0.717, 1.165) is 34.6 Å². The highest BCUT2D eigenvalue weighted by Gasteiger charge is 2.55. The zero-order valence-corrected chi connectivity index (χ0v) is 15.6. The van der Waals surface area contributed by atoms with Crippen molar-refractivity contribution in [3.05, 3.63) is 0 Å². The molecule has 152 valence electrons. The van der Waals surface area contributed by atoms with Crippen molar-refractivity contribution in [3.63, 3.8) is 0 Å². The molecule has 11 nitrogen and oxygen atoms in total. The summed E-state index contributed by atoms with van der Waals surface area (Å²) in [4.78, 5) is 56.7. The Morgan fingerprint density at radius 1 is 0.741 bits per heavy atom. The molecule has 0 aromatic carbocycles. The van der Waals surface area contributed by atoms with Gasteiger partial charge in [0.2, 0.25) is 12.4 Å². The Labute approximate surface area is 155 Å². The van der Waals surface area contributed by atoms with Gasteiger partial charge in [0.25, 0.3) is 0 Å². The zero-order chi connectivity index (χ0) is 20.7. The Morgan fingerprint density at radius 3 is 1.70 bits per heavy atom. The lowest BCUT2D eigenvalue weighted by molar-refractivity contribution is -0.203. The Kier molecular flexibility index (Phi) is 8.16. The molecule has 0 N–H and O–H groups in total.